The minimum atomic E-state index is -4.95. The van der Waals surface area contributed by atoms with Crippen LogP contribution < -0.4 is 9.64 Å². The molecule has 4 aromatic rings. The first kappa shape index (κ1) is 25.6. The number of carbonyl (C=O) groups excluding carboxylic acids is 1. The molecule has 0 aliphatic carbocycles. The van der Waals surface area contributed by atoms with Gasteiger partial charge >= 0.3 is 12.1 Å². The lowest BCUT2D eigenvalue weighted by atomic mass is 10.2. The predicted octanol–water partition coefficient (Wildman–Crippen LogP) is 6.42. The number of hydrogen-bond donors (Lipinski definition) is 0. The fraction of sp³-hybridized carbons (Fsp3) is 0.231. The molecule has 36 heavy (non-hydrogen) atoms. The van der Waals surface area contributed by atoms with Crippen LogP contribution in [0.2, 0.25) is 0 Å². The summed E-state index contributed by atoms with van der Waals surface area (Å²) in [6, 6.07) is 20.9. The summed E-state index contributed by atoms with van der Waals surface area (Å²) in [4.78, 5) is 16.5. The van der Waals surface area contributed by atoms with Crippen LogP contribution in [-0.4, -0.2) is 43.5 Å². The summed E-state index contributed by atoms with van der Waals surface area (Å²) in [5.41, 5.74) is 2.49. The van der Waals surface area contributed by atoms with E-state index in [1.54, 1.807) is 30.3 Å². The van der Waals surface area contributed by atoms with Gasteiger partial charge in [0.05, 0.1) is 23.4 Å². The molecule has 1 atom stereocenters. The topological polar surface area (TPSA) is 51.7 Å². The Bertz CT molecular complexity index is 1310. The molecule has 0 saturated heterocycles. The van der Waals surface area contributed by atoms with Gasteiger partial charge < -0.3 is 14.4 Å². The van der Waals surface area contributed by atoms with E-state index in [-0.39, 0.29) is 12.3 Å². The third-order valence-corrected chi connectivity index (χ3v) is 6.37. The van der Waals surface area contributed by atoms with Crippen LogP contribution in [0.25, 0.3) is 20.8 Å². The van der Waals surface area contributed by atoms with Gasteiger partial charge in [-0.3, -0.25) is 4.79 Å². The van der Waals surface area contributed by atoms with E-state index in [4.69, 9.17) is 9.47 Å². The highest BCUT2D eigenvalue weighted by molar-refractivity contribution is 7.21. The molecule has 1 aromatic heterocycles. The lowest BCUT2D eigenvalue weighted by Crippen LogP contribution is -2.38. The summed E-state index contributed by atoms with van der Waals surface area (Å²) in [5.74, 6) is -1.47. The maximum atomic E-state index is 13.5. The van der Waals surface area contributed by atoms with Gasteiger partial charge in [0.15, 0.2) is 6.10 Å². The van der Waals surface area contributed by atoms with Gasteiger partial charge in [0.2, 0.25) is 0 Å². The molecule has 188 valence electrons. The Morgan fingerprint density at radius 1 is 1.06 bits per heavy atom. The van der Waals surface area contributed by atoms with E-state index >= 15 is 0 Å². The van der Waals surface area contributed by atoms with E-state index in [1.807, 2.05) is 30.3 Å². The smallest absolute Gasteiger partial charge is 0.471 e. The summed E-state index contributed by atoms with van der Waals surface area (Å²) in [7, 11) is 1.07. The third-order valence-electron chi connectivity index (χ3n) is 5.30. The van der Waals surface area contributed by atoms with Gasteiger partial charge in [0, 0.05) is 18.3 Å². The van der Waals surface area contributed by atoms with Crippen LogP contribution >= 0.6 is 11.3 Å². The quantitative estimate of drug-likeness (QED) is 0.240. The molecule has 10 heteroatoms. The summed E-state index contributed by atoms with van der Waals surface area (Å²) in [6.45, 7) is -0.260. The predicted molar refractivity (Wildman–Crippen MR) is 131 cm³/mol. The van der Waals surface area contributed by atoms with Crippen LogP contribution in [0.15, 0.2) is 72.8 Å². The maximum Gasteiger partial charge on any atom is 0.471 e. The number of aromatic nitrogens is 1. The van der Waals surface area contributed by atoms with Crippen molar-refractivity contribution in [1.29, 1.82) is 0 Å². The monoisotopic (exact) mass is 518 g/mol. The minimum Gasteiger partial charge on any atom is -0.485 e. The molecule has 3 aromatic carbocycles. The molecule has 0 fully saturated rings. The second-order valence-electron chi connectivity index (χ2n) is 7.95. The van der Waals surface area contributed by atoms with Crippen molar-refractivity contribution in [2.75, 3.05) is 25.2 Å². The van der Waals surface area contributed by atoms with Crippen molar-refractivity contribution in [2.24, 2.45) is 0 Å². The number of halogens is 4. The van der Waals surface area contributed by atoms with Gasteiger partial charge in [0.25, 0.3) is 0 Å². The Kier molecular flexibility index (Phi) is 7.85. The standard InChI is InChI=1S/C26H22F4N2O3S/c1-32(25(33)26(28,29)30)19-9-7-18(8-10-19)24-31-22-12-11-20(13-23(22)36-24)35-21(14-27)16-34-15-17-5-3-2-4-6-17/h2-13,21H,14-16H2,1H3. The number of anilines is 1. The molecule has 0 saturated carbocycles. The average Bonchev–Trinajstić information content (AvgIpc) is 3.31. The van der Waals surface area contributed by atoms with Crippen LogP contribution in [0.4, 0.5) is 23.2 Å². The SMILES string of the molecule is CN(C(=O)C(F)(F)F)c1ccc(-c2nc3ccc(OC(CF)COCc4ccccc4)cc3s2)cc1. The zero-order chi connectivity index (χ0) is 25.7. The molecule has 1 heterocycles. The summed E-state index contributed by atoms with van der Waals surface area (Å²) in [6.07, 6.45) is -5.71. The largest absolute Gasteiger partial charge is 0.485 e. The molecule has 0 aliphatic heterocycles. The lowest BCUT2D eigenvalue weighted by molar-refractivity contribution is -0.170. The number of hydrogen-bond acceptors (Lipinski definition) is 5. The van der Waals surface area contributed by atoms with Crippen LogP contribution in [-0.2, 0) is 16.1 Å². The number of fused-ring (bicyclic) bond motifs is 1. The van der Waals surface area contributed by atoms with E-state index in [0.29, 0.717) is 33.3 Å². The number of rotatable bonds is 9. The first-order chi connectivity index (χ1) is 17.2. The second kappa shape index (κ2) is 11.0. The highest BCUT2D eigenvalue weighted by Crippen LogP contribution is 2.34. The molecule has 0 radical (unpaired) electrons. The first-order valence-corrected chi connectivity index (χ1v) is 11.8. The molecular weight excluding hydrogens is 496 g/mol. The highest BCUT2D eigenvalue weighted by Gasteiger charge is 2.41. The second-order valence-corrected chi connectivity index (χ2v) is 8.98. The van der Waals surface area contributed by atoms with Crippen molar-refractivity contribution < 1.29 is 31.8 Å². The fourth-order valence-electron chi connectivity index (χ4n) is 3.42. The van der Waals surface area contributed by atoms with Crippen LogP contribution in [0.3, 0.4) is 0 Å². The van der Waals surface area contributed by atoms with Gasteiger partial charge in [-0.2, -0.15) is 13.2 Å². The molecule has 5 nitrogen and oxygen atoms in total. The van der Waals surface area contributed by atoms with E-state index in [0.717, 1.165) is 17.3 Å². The van der Waals surface area contributed by atoms with Crippen LogP contribution in [0, 0.1) is 0 Å². The van der Waals surface area contributed by atoms with Crippen molar-refractivity contribution in [1.82, 2.24) is 4.98 Å². The number of thiazole rings is 1. The number of nitrogens with zero attached hydrogens (tertiary/aromatic N) is 2. The third kappa shape index (κ3) is 6.19. The van der Waals surface area contributed by atoms with Crippen molar-refractivity contribution >= 4 is 33.1 Å². The van der Waals surface area contributed by atoms with E-state index in [2.05, 4.69) is 4.98 Å². The van der Waals surface area contributed by atoms with E-state index < -0.39 is 24.9 Å². The number of carbonyl (C=O) groups is 1. The normalized spacial score (nSPS) is 12.5. The van der Waals surface area contributed by atoms with Gasteiger partial charge in [0.1, 0.15) is 17.4 Å². The highest BCUT2D eigenvalue weighted by atomic mass is 32.1. The molecule has 0 spiro atoms. The Labute approximate surface area is 208 Å². The summed E-state index contributed by atoms with van der Waals surface area (Å²) in [5, 5.41) is 0.645. The summed E-state index contributed by atoms with van der Waals surface area (Å²) < 4.78 is 63.7. The van der Waals surface area contributed by atoms with Gasteiger partial charge in [-0.05, 0) is 48.0 Å². The van der Waals surface area contributed by atoms with Gasteiger partial charge in [-0.15, -0.1) is 11.3 Å². The van der Waals surface area contributed by atoms with E-state index in [1.165, 1.54) is 23.5 Å². The fourth-order valence-corrected chi connectivity index (χ4v) is 4.42. The first-order valence-electron chi connectivity index (χ1n) is 10.9. The lowest BCUT2D eigenvalue weighted by Gasteiger charge is -2.18. The van der Waals surface area contributed by atoms with Gasteiger partial charge in [-0.1, -0.05) is 30.3 Å². The average molecular weight is 519 g/mol. The summed E-state index contributed by atoms with van der Waals surface area (Å²) >= 11 is 1.36. The van der Waals surface area contributed by atoms with Crippen LogP contribution in [0.5, 0.6) is 5.75 Å². The molecule has 1 amide bonds. The van der Waals surface area contributed by atoms with E-state index in [9.17, 15) is 22.4 Å². The molecular formula is C26H22F4N2O3S. The number of benzene rings is 3. The number of alkyl halides is 4. The maximum absolute atomic E-state index is 13.5. The molecule has 1 unspecified atom stereocenters. The van der Waals surface area contributed by atoms with Crippen molar-refractivity contribution in [3.63, 3.8) is 0 Å². The Balaban J connectivity index is 1.42. The molecule has 0 aliphatic rings. The van der Waals surface area contributed by atoms with Crippen molar-refractivity contribution in [2.45, 2.75) is 18.9 Å². The Morgan fingerprint density at radius 3 is 2.44 bits per heavy atom. The zero-order valence-electron chi connectivity index (χ0n) is 19.2. The van der Waals surface area contributed by atoms with Crippen molar-refractivity contribution in [3.8, 4) is 16.3 Å². The Morgan fingerprint density at radius 2 is 1.78 bits per heavy atom. The molecule has 0 N–H and O–H groups in total. The molecule has 0 bridgehead atoms. The van der Waals surface area contributed by atoms with Crippen LogP contribution in [0.1, 0.15) is 5.56 Å². The number of ether oxygens (including phenoxy) is 2. The molecule has 4 rings (SSSR count). The Hall–Kier alpha value is -3.50. The van der Waals surface area contributed by atoms with Crippen molar-refractivity contribution in [3.05, 3.63) is 78.4 Å². The number of amides is 1. The zero-order valence-corrected chi connectivity index (χ0v) is 20.0. The van der Waals surface area contributed by atoms with Gasteiger partial charge in [-0.25, -0.2) is 9.37 Å². The minimum absolute atomic E-state index is 0.0923.